The van der Waals surface area contributed by atoms with E-state index < -0.39 is 0 Å². The number of aromatic nitrogens is 1. The smallest absolute Gasteiger partial charge is 0.0671 e. The van der Waals surface area contributed by atoms with Gasteiger partial charge in [0, 0.05) is 36.4 Å². The maximum absolute atomic E-state index is 5.92. The molecule has 2 heterocycles. The van der Waals surface area contributed by atoms with Crippen LogP contribution in [0.2, 0.25) is 0 Å². The summed E-state index contributed by atoms with van der Waals surface area (Å²) in [5.41, 5.74) is 2.40. The summed E-state index contributed by atoms with van der Waals surface area (Å²) >= 11 is 0. The van der Waals surface area contributed by atoms with E-state index >= 15 is 0 Å². The van der Waals surface area contributed by atoms with Crippen molar-refractivity contribution < 1.29 is 4.74 Å². The van der Waals surface area contributed by atoms with Crippen LogP contribution in [0.15, 0.2) is 48.8 Å². The number of anilines is 1. The highest BCUT2D eigenvalue weighted by Gasteiger charge is 2.31. The first-order chi connectivity index (χ1) is 10.2. The Morgan fingerprint density at radius 1 is 1.29 bits per heavy atom. The summed E-state index contributed by atoms with van der Waals surface area (Å²) in [6, 6.07) is 13.2. The van der Waals surface area contributed by atoms with E-state index in [0.717, 1.165) is 25.9 Å². The van der Waals surface area contributed by atoms with Gasteiger partial charge in [-0.3, -0.25) is 0 Å². The molecule has 21 heavy (non-hydrogen) atoms. The van der Waals surface area contributed by atoms with Gasteiger partial charge in [-0.15, -0.1) is 0 Å². The van der Waals surface area contributed by atoms with Gasteiger partial charge in [0.15, 0.2) is 0 Å². The highest BCUT2D eigenvalue weighted by molar-refractivity contribution is 5.52. The minimum Gasteiger partial charge on any atom is -0.382 e. The van der Waals surface area contributed by atoms with Crippen LogP contribution in [0.25, 0.3) is 5.69 Å². The Hall–Kier alpha value is -1.74. The molecule has 3 heteroatoms. The fraction of sp³-hybridized carbons (Fsp3) is 0.444. The normalized spacial score (nSPS) is 25.7. The summed E-state index contributed by atoms with van der Waals surface area (Å²) in [4.78, 5) is 0. The van der Waals surface area contributed by atoms with E-state index in [2.05, 4.69) is 60.4 Å². The van der Waals surface area contributed by atoms with Crippen LogP contribution < -0.4 is 5.32 Å². The molecular formula is C18H24N2O. The van der Waals surface area contributed by atoms with E-state index in [-0.39, 0.29) is 5.60 Å². The van der Waals surface area contributed by atoms with E-state index in [1.165, 1.54) is 11.4 Å². The number of ether oxygens (including phenoxy) is 1. The molecule has 0 saturated carbocycles. The van der Waals surface area contributed by atoms with Gasteiger partial charge in [-0.05, 0) is 56.5 Å². The number of nitrogens with zero attached hydrogens (tertiary/aromatic N) is 1. The molecule has 3 rings (SSSR count). The average molecular weight is 284 g/mol. The van der Waals surface area contributed by atoms with E-state index in [0.29, 0.717) is 6.04 Å². The second-order valence-corrected chi connectivity index (χ2v) is 6.13. The fourth-order valence-corrected chi connectivity index (χ4v) is 3.00. The zero-order valence-corrected chi connectivity index (χ0v) is 12.9. The molecule has 2 atom stereocenters. The number of rotatable bonds is 4. The Balaban J connectivity index is 1.72. The predicted octanol–water partition coefficient (Wildman–Crippen LogP) is 4.24. The van der Waals surface area contributed by atoms with Crippen LogP contribution in [-0.4, -0.2) is 22.8 Å². The fourth-order valence-electron chi connectivity index (χ4n) is 3.00. The van der Waals surface area contributed by atoms with Crippen LogP contribution in [0.1, 0.15) is 33.1 Å². The lowest BCUT2D eigenvalue weighted by Crippen LogP contribution is -2.41. The lowest BCUT2D eigenvalue weighted by Gasteiger charge is -2.38. The van der Waals surface area contributed by atoms with Gasteiger partial charge < -0.3 is 14.6 Å². The number of hydrogen-bond acceptors (Lipinski definition) is 2. The van der Waals surface area contributed by atoms with Crippen molar-refractivity contribution in [3.63, 3.8) is 0 Å². The molecule has 0 spiro atoms. The van der Waals surface area contributed by atoms with Gasteiger partial charge in [-0.1, -0.05) is 13.0 Å². The van der Waals surface area contributed by atoms with Gasteiger partial charge in [-0.25, -0.2) is 0 Å². The molecule has 0 bridgehead atoms. The molecular weight excluding hydrogens is 260 g/mol. The third kappa shape index (κ3) is 3.30. The molecule has 0 radical (unpaired) electrons. The van der Waals surface area contributed by atoms with Crippen molar-refractivity contribution in [1.82, 2.24) is 4.57 Å². The summed E-state index contributed by atoms with van der Waals surface area (Å²) in [5, 5.41) is 3.68. The van der Waals surface area contributed by atoms with Crippen LogP contribution in [0.4, 0.5) is 5.69 Å². The van der Waals surface area contributed by atoms with Gasteiger partial charge in [0.2, 0.25) is 0 Å². The Bertz CT molecular complexity index is 579. The Labute approximate surface area is 126 Å². The largest absolute Gasteiger partial charge is 0.382 e. The molecule has 2 aromatic rings. The molecule has 0 amide bonds. The first-order valence-corrected chi connectivity index (χ1v) is 7.82. The number of benzene rings is 1. The summed E-state index contributed by atoms with van der Waals surface area (Å²) in [7, 11) is 0. The molecule has 1 N–H and O–H groups in total. The monoisotopic (exact) mass is 284 g/mol. The van der Waals surface area contributed by atoms with E-state index in [4.69, 9.17) is 4.74 Å². The molecule has 1 fully saturated rings. The Morgan fingerprint density at radius 2 is 2.10 bits per heavy atom. The molecule has 0 aliphatic carbocycles. The van der Waals surface area contributed by atoms with Crippen molar-refractivity contribution in [3.8, 4) is 5.69 Å². The SMILES string of the molecule is CCC1(C)CC(Nc2cccc(-n3cccc3)c2)CCO1. The van der Waals surface area contributed by atoms with Crippen molar-refractivity contribution in [1.29, 1.82) is 0 Å². The number of nitrogens with one attached hydrogen (secondary N) is 1. The van der Waals surface area contributed by atoms with Gasteiger partial charge in [0.05, 0.1) is 5.60 Å². The zero-order valence-electron chi connectivity index (χ0n) is 12.9. The Morgan fingerprint density at radius 3 is 2.86 bits per heavy atom. The standard InChI is InChI=1S/C18H24N2O/c1-3-18(2)14-16(9-12-21-18)19-15-7-6-8-17(13-15)20-10-4-5-11-20/h4-8,10-11,13,16,19H,3,9,12,14H2,1-2H3. The second kappa shape index (κ2) is 5.94. The van der Waals surface area contributed by atoms with Gasteiger partial charge in [0.1, 0.15) is 0 Å². The summed E-state index contributed by atoms with van der Waals surface area (Å²) in [6.45, 7) is 5.27. The number of hydrogen-bond donors (Lipinski definition) is 1. The maximum atomic E-state index is 5.92. The van der Waals surface area contributed by atoms with Gasteiger partial charge >= 0.3 is 0 Å². The highest BCUT2D eigenvalue weighted by Crippen LogP contribution is 2.29. The summed E-state index contributed by atoms with van der Waals surface area (Å²) in [5.74, 6) is 0. The zero-order chi connectivity index (χ0) is 14.7. The lowest BCUT2D eigenvalue weighted by molar-refractivity contribution is -0.0708. The summed E-state index contributed by atoms with van der Waals surface area (Å²) < 4.78 is 8.05. The second-order valence-electron chi connectivity index (χ2n) is 6.13. The van der Waals surface area contributed by atoms with Crippen LogP contribution in [-0.2, 0) is 4.74 Å². The molecule has 1 saturated heterocycles. The van der Waals surface area contributed by atoms with Crippen molar-refractivity contribution >= 4 is 5.69 Å². The van der Waals surface area contributed by atoms with Crippen LogP contribution in [0.3, 0.4) is 0 Å². The Kier molecular flexibility index (Phi) is 4.02. The molecule has 1 aromatic carbocycles. The average Bonchev–Trinajstić information content (AvgIpc) is 3.02. The maximum Gasteiger partial charge on any atom is 0.0671 e. The van der Waals surface area contributed by atoms with Crippen LogP contribution in [0, 0.1) is 0 Å². The molecule has 1 aliphatic rings. The highest BCUT2D eigenvalue weighted by atomic mass is 16.5. The third-order valence-corrected chi connectivity index (χ3v) is 4.46. The summed E-state index contributed by atoms with van der Waals surface area (Å²) in [6.07, 6.45) is 7.35. The van der Waals surface area contributed by atoms with Crippen molar-refractivity contribution in [2.75, 3.05) is 11.9 Å². The van der Waals surface area contributed by atoms with Crippen molar-refractivity contribution in [2.24, 2.45) is 0 Å². The first-order valence-electron chi connectivity index (χ1n) is 7.82. The molecule has 3 nitrogen and oxygen atoms in total. The third-order valence-electron chi connectivity index (χ3n) is 4.46. The van der Waals surface area contributed by atoms with Crippen molar-refractivity contribution in [2.45, 2.75) is 44.8 Å². The topological polar surface area (TPSA) is 26.2 Å². The predicted molar refractivity (Wildman–Crippen MR) is 87.1 cm³/mol. The first kappa shape index (κ1) is 14.2. The molecule has 2 unspecified atom stereocenters. The van der Waals surface area contributed by atoms with Gasteiger partial charge in [-0.2, -0.15) is 0 Å². The molecule has 112 valence electrons. The quantitative estimate of drug-likeness (QED) is 0.909. The lowest BCUT2D eigenvalue weighted by atomic mass is 9.90. The minimum atomic E-state index is 0.0218. The molecule has 1 aliphatic heterocycles. The van der Waals surface area contributed by atoms with E-state index in [9.17, 15) is 0 Å². The molecule has 1 aromatic heterocycles. The minimum absolute atomic E-state index is 0.0218. The van der Waals surface area contributed by atoms with Crippen molar-refractivity contribution in [3.05, 3.63) is 48.8 Å². The van der Waals surface area contributed by atoms with Crippen LogP contribution >= 0.6 is 0 Å². The van der Waals surface area contributed by atoms with E-state index in [1.807, 2.05) is 12.1 Å². The van der Waals surface area contributed by atoms with Gasteiger partial charge in [0.25, 0.3) is 0 Å². The van der Waals surface area contributed by atoms with E-state index in [1.54, 1.807) is 0 Å². The van der Waals surface area contributed by atoms with Crippen LogP contribution in [0.5, 0.6) is 0 Å².